The molecule has 0 radical (unpaired) electrons. The van der Waals surface area contributed by atoms with Crippen LogP contribution in [0.5, 0.6) is 0 Å². The van der Waals surface area contributed by atoms with Crippen molar-refractivity contribution in [2.24, 2.45) is 0 Å². The highest BCUT2D eigenvalue weighted by Gasteiger charge is 2.52. The van der Waals surface area contributed by atoms with Gasteiger partial charge in [-0.2, -0.15) is 0 Å². The Labute approximate surface area is 151 Å². The molecule has 2 heterocycles. The van der Waals surface area contributed by atoms with E-state index in [1.165, 1.54) is 5.56 Å². The van der Waals surface area contributed by atoms with E-state index in [9.17, 15) is 0 Å². The molecule has 25 heavy (non-hydrogen) atoms. The second kappa shape index (κ2) is 6.47. The molecule has 0 atom stereocenters. The molecule has 0 spiro atoms. The van der Waals surface area contributed by atoms with Crippen molar-refractivity contribution in [1.82, 2.24) is 4.98 Å². The first-order valence-corrected chi connectivity index (χ1v) is 8.77. The van der Waals surface area contributed by atoms with Gasteiger partial charge < -0.3 is 14.2 Å². The predicted octanol–water partition coefficient (Wildman–Crippen LogP) is 3.33. The molecular weight excluding hydrogens is 311 g/mol. The first-order chi connectivity index (χ1) is 11.7. The van der Waals surface area contributed by atoms with Gasteiger partial charge in [0.05, 0.1) is 11.2 Å². The van der Waals surface area contributed by atoms with Crippen molar-refractivity contribution in [1.29, 1.82) is 0 Å². The summed E-state index contributed by atoms with van der Waals surface area (Å²) in [7, 11) is 1.64. The van der Waals surface area contributed by atoms with Crippen molar-refractivity contribution in [3.8, 4) is 0 Å². The quantitative estimate of drug-likeness (QED) is 0.801. The summed E-state index contributed by atoms with van der Waals surface area (Å²) in [6.45, 7) is 11.1. The van der Waals surface area contributed by atoms with Gasteiger partial charge >= 0.3 is 7.12 Å². The number of aryl methyl sites for hydroxylation is 1. The van der Waals surface area contributed by atoms with Gasteiger partial charge in [-0.1, -0.05) is 36.4 Å². The van der Waals surface area contributed by atoms with Crippen molar-refractivity contribution in [3.63, 3.8) is 0 Å². The summed E-state index contributed by atoms with van der Waals surface area (Å²) < 4.78 is 12.5. The lowest BCUT2D eigenvalue weighted by molar-refractivity contribution is 0.00578. The molecule has 0 aliphatic carbocycles. The summed E-state index contributed by atoms with van der Waals surface area (Å²) in [5.41, 5.74) is 2.60. The van der Waals surface area contributed by atoms with Crippen LogP contribution >= 0.6 is 0 Å². The molecule has 1 aliphatic heterocycles. The van der Waals surface area contributed by atoms with Gasteiger partial charge in [-0.3, -0.25) is 0 Å². The van der Waals surface area contributed by atoms with Crippen LogP contribution in [0, 0.1) is 6.92 Å². The molecule has 4 nitrogen and oxygen atoms in total. The topological polar surface area (TPSA) is 34.6 Å². The van der Waals surface area contributed by atoms with Gasteiger partial charge in [-0.15, -0.1) is 0 Å². The highest BCUT2D eigenvalue weighted by atomic mass is 16.7. The minimum Gasteiger partial charge on any atom is -0.399 e. The van der Waals surface area contributed by atoms with Crippen LogP contribution in [-0.4, -0.2) is 30.4 Å². The molecule has 0 N–H and O–H groups in total. The summed E-state index contributed by atoms with van der Waals surface area (Å²) >= 11 is 0. The normalized spacial score (nSPS) is 18.4. The zero-order chi connectivity index (χ0) is 18.2. The average Bonchev–Trinajstić information content (AvgIpc) is 2.76. The molecule has 0 saturated carbocycles. The minimum atomic E-state index is -0.411. The van der Waals surface area contributed by atoms with Gasteiger partial charge in [-0.05, 0) is 45.7 Å². The third-order valence-electron chi connectivity index (χ3n) is 5.16. The van der Waals surface area contributed by atoms with E-state index in [2.05, 4.69) is 75.0 Å². The van der Waals surface area contributed by atoms with Crippen LogP contribution in [0.3, 0.4) is 0 Å². The Morgan fingerprint density at radius 2 is 1.64 bits per heavy atom. The van der Waals surface area contributed by atoms with Crippen LogP contribution in [-0.2, 0) is 15.9 Å². The fourth-order valence-corrected chi connectivity index (χ4v) is 2.98. The SMILES string of the molecule is Cc1cnc(N(C)Cc2ccccc2)c(B2OC(C)(C)C(C)(C)O2)c1. The molecule has 0 unspecified atom stereocenters. The highest BCUT2D eigenvalue weighted by molar-refractivity contribution is 6.63. The van der Waals surface area contributed by atoms with Crippen LogP contribution in [0.15, 0.2) is 42.6 Å². The van der Waals surface area contributed by atoms with Crippen LogP contribution in [0.25, 0.3) is 0 Å². The number of hydrogen-bond donors (Lipinski definition) is 0. The first kappa shape index (κ1) is 18.0. The van der Waals surface area contributed by atoms with Gasteiger partial charge in [0.25, 0.3) is 0 Å². The van der Waals surface area contributed by atoms with E-state index in [0.717, 1.165) is 23.4 Å². The number of hydrogen-bond acceptors (Lipinski definition) is 4. The molecule has 1 aromatic heterocycles. The monoisotopic (exact) mass is 338 g/mol. The van der Waals surface area contributed by atoms with E-state index in [-0.39, 0.29) is 11.2 Å². The maximum Gasteiger partial charge on any atom is 0.498 e. The Morgan fingerprint density at radius 1 is 1.04 bits per heavy atom. The maximum absolute atomic E-state index is 6.26. The molecule has 1 aromatic carbocycles. The molecule has 1 fully saturated rings. The van der Waals surface area contributed by atoms with Gasteiger partial charge in [0.1, 0.15) is 5.82 Å². The van der Waals surface area contributed by atoms with Crippen LogP contribution in [0.2, 0.25) is 0 Å². The Morgan fingerprint density at radius 3 is 2.24 bits per heavy atom. The molecule has 2 aromatic rings. The summed E-state index contributed by atoms with van der Waals surface area (Å²) in [4.78, 5) is 6.83. The van der Waals surface area contributed by atoms with Crippen molar-refractivity contribution >= 4 is 18.4 Å². The van der Waals surface area contributed by atoms with Crippen molar-refractivity contribution in [2.75, 3.05) is 11.9 Å². The van der Waals surface area contributed by atoms with Crippen molar-refractivity contribution in [3.05, 3.63) is 53.7 Å². The lowest BCUT2D eigenvalue weighted by atomic mass is 9.78. The van der Waals surface area contributed by atoms with Crippen LogP contribution < -0.4 is 10.4 Å². The lowest BCUT2D eigenvalue weighted by Gasteiger charge is -2.32. The van der Waals surface area contributed by atoms with E-state index >= 15 is 0 Å². The predicted molar refractivity (Wildman–Crippen MR) is 103 cm³/mol. The number of benzene rings is 1. The third-order valence-corrected chi connectivity index (χ3v) is 5.16. The summed E-state index contributed by atoms with van der Waals surface area (Å²) in [5.74, 6) is 0.896. The maximum atomic E-state index is 6.26. The number of aromatic nitrogens is 1. The molecule has 0 bridgehead atoms. The molecular formula is C20H27BN2O2. The van der Waals surface area contributed by atoms with E-state index in [0.29, 0.717) is 0 Å². The van der Waals surface area contributed by atoms with Crippen molar-refractivity contribution < 1.29 is 9.31 Å². The fourth-order valence-electron chi connectivity index (χ4n) is 2.98. The largest absolute Gasteiger partial charge is 0.498 e. The Kier molecular flexibility index (Phi) is 4.65. The smallest absolute Gasteiger partial charge is 0.399 e. The molecule has 1 saturated heterocycles. The number of anilines is 1. The number of nitrogens with zero attached hydrogens (tertiary/aromatic N) is 2. The van der Waals surface area contributed by atoms with Gasteiger partial charge in [0.15, 0.2) is 0 Å². The highest BCUT2D eigenvalue weighted by Crippen LogP contribution is 2.37. The zero-order valence-corrected chi connectivity index (χ0v) is 16.0. The Balaban J connectivity index is 1.91. The van der Waals surface area contributed by atoms with E-state index in [1.807, 2.05) is 19.2 Å². The van der Waals surface area contributed by atoms with Gasteiger partial charge in [0, 0.05) is 25.3 Å². The Hall–Kier alpha value is -1.85. The summed E-state index contributed by atoms with van der Waals surface area (Å²) in [6.07, 6.45) is 1.89. The molecule has 0 amide bonds. The lowest BCUT2D eigenvalue weighted by Crippen LogP contribution is -2.41. The molecule has 3 rings (SSSR count). The third kappa shape index (κ3) is 3.58. The van der Waals surface area contributed by atoms with Gasteiger partial charge in [0.2, 0.25) is 0 Å². The first-order valence-electron chi connectivity index (χ1n) is 8.77. The summed E-state index contributed by atoms with van der Waals surface area (Å²) in [6, 6.07) is 12.5. The second-order valence-corrected chi connectivity index (χ2v) is 7.86. The molecule has 5 heteroatoms. The Bertz CT molecular complexity index is 731. The van der Waals surface area contributed by atoms with Gasteiger partial charge in [-0.25, -0.2) is 4.98 Å². The van der Waals surface area contributed by atoms with E-state index in [1.54, 1.807) is 0 Å². The summed E-state index contributed by atoms with van der Waals surface area (Å²) in [5, 5.41) is 0. The van der Waals surface area contributed by atoms with E-state index < -0.39 is 7.12 Å². The second-order valence-electron chi connectivity index (χ2n) is 7.86. The minimum absolute atomic E-state index is 0.364. The number of rotatable bonds is 4. The molecule has 132 valence electrons. The molecule has 1 aliphatic rings. The standard InChI is InChI=1S/C20H27BN2O2/c1-15-12-17(21-24-19(2,3)20(4,5)25-21)18(22-13-15)23(6)14-16-10-8-7-9-11-16/h7-13H,14H2,1-6H3. The van der Waals surface area contributed by atoms with Crippen molar-refractivity contribution in [2.45, 2.75) is 52.4 Å². The van der Waals surface area contributed by atoms with Crippen LogP contribution in [0.1, 0.15) is 38.8 Å². The number of pyridine rings is 1. The average molecular weight is 338 g/mol. The van der Waals surface area contributed by atoms with E-state index in [4.69, 9.17) is 9.31 Å². The zero-order valence-electron chi connectivity index (χ0n) is 16.0. The fraction of sp³-hybridized carbons (Fsp3) is 0.450. The van der Waals surface area contributed by atoms with Crippen LogP contribution in [0.4, 0.5) is 5.82 Å².